The summed E-state index contributed by atoms with van der Waals surface area (Å²) >= 11 is 0. The molecule has 1 heterocycles. The second-order valence-electron chi connectivity index (χ2n) is 5.51. The number of hydrogen-bond donors (Lipinski definition) is 2. The third-order valence-corrected chi connectivity index (χ3v) is 4.17. The molecule has 4 heteroatoms. The first-order valence-electron chi connectivity index (χ1n) is 6.94. The van der Waals surface area contributed by atoms with Crippen LogP contribution in [0.3, 0.4) is 0 Å². The predicted molar refractivity (Wildman–Crippen MR) is 68.9 cm³/mol. The first-order chi connectivity index (χ1) is 8.24. The lowest BCUT2D eigenvalue weighted by molar-refractivity contribution is -0.122. The lowest BCUT2D eigenvalue weighted by atomic mass is 10.0. The third-order valence-electron chi connectivity index (χ3n) is 4.17. The molecule has 0 aromatic heterocycles. The molecule has 2 N–H and O–H groups in total. The fraction of sp³-hybridized carbons (Fsp3) is 0.923. The molecular formula is C13H25N3O. The number of carbonyl (C=O) groups is 1. The Bertz CT molecular complexity index is 255. The van der Waals surface area contributed by atoms with E-state index < -0.39 is 0 Å². The maximum Gasteiger partial charge on any atom is 0.234 e. The zero-order valence-corrected chi connectivity index (χ0v) is 10.9. The van der Waals surface area contributed by atoms with Crippen LogP contribution in [0.2, 0.25) is 0 Å². The summed E-state index contributed by atoms with van der Waals surface area (Å²) in [6, 6.07) is 0. The molecule has 1 saturated heterocycles. The van der Waals surface area contributed by atoms with E-state index in [9.17, 15) is 4.79 Å². The lowest BCUT2D eigenvalue weighted by Gasteiger charge is -2.20. The van der Waals surface area contributed by atoms with Crippen molar-refractivity contribution >= 4 is 5.91 Å². The Balaban J connectivity index is 1.65. The summed E-state index contributed by atoms with van der Waals surface area (Å²) < 4.78 is 0. The zero-order valence-electron chi connectivity index (χ0n) is 10.9. The molecule has 0 aromatic carbocycles. The van der Waals surface area contributed by atoms with Gasteiger partial charge in [-0.1, -0.05) is 6.92 Å². The van der Waals surface area contributed by atoms with Gasteiger partial charge < -0.3 is 10.6 Å². The maximum atomic E-state index is 11.8. The van der Waals surface area contributed by atoms with Gasteiger partial charge in [-0.3, -0.25) is 9.69 Å². The van der Waals surface area contributed by atoms with Crippen molar-refractivity contribution in [1.82, 2.24) is 15.5 Å². The minimum absolute atomic E-state index is 0.201. The minimum Gasteiger partial charge on any atom is -0.354 e. The molecule has 1 aliphatic carbocycles. The van der Waals surface area contributed by atoms with Crippen molar-refractivity contribution < 1.29 is 4.79 Å². The molecule has 0 spiro atoms. The summed E-state index contributed by atoms with van der Waals surface area (Å²) in [4.78, 5) is 14.1. The molecular weight excluding hydrogens is 214 g/mol. The van der Waals surface area contributed by atoms with E-state index in [4.69, 9.17) is 0 Å². The Morgan fingerprint density at radius 2 is 2.18 bits per heavy atom. The van der Waals surface area contributed by atoms with Crippen LogP contribution in [0, 0.1) is 5.41 Å². The number of nitrogens with zero attached hydrogens (tertiary/aromatic N) is 1. The molecule has 0 atom stereocenters. The van der Waals surface area contributed by atoms with Crippen LogP contribution in [0.1, 0.15) is 32.6 Å². The topological polar surface area (TPSA) is 44.4 Å². The van der Waals surface area contributed by atoms with Crippen LogP contribution >= 0.6 is 0 Å². The second-order valence-corrected chi connectivity index (χ2v) is 5.51. The summed E-state index contributed by atoms with van der Waals surface area (Å²) in [5.74, 6) is 0.201. The molecule has 0 radical (unpaired) electrons. The van der Waals surface area contributed by atoms with Crippen LogP contribution in [-0.4, -0.2) is 50.1 Å². The number of rotatable bonds is 5. The van der Waals surface area contributed by atoms with E-state index in [0.717, 1.165) is 39.1 Å². The van der Waals surface area contributed by atoms with Crippen molar-refractivity contribution in [2.75, 3.05) is 39.3 Å². The van der Waals surface area contributed by atoms with Crippen molar-refractivity contribution in [3.05, 3.63) is 0 Å². The molecule has 1 amide bonds. The Morgan fingerprint density at radius 3 is 2.88 bits per heavy atom. The smallest absolute Gasteiger partial charge is 0.234 e. The molecule has 0 unspecified atom stereocenters. The van der Waals surface area contributed by atoms with Gasteiger partial charge in [-0.05, 0) is 44.2 Å². The van der Waals surface area contributed by atoms with Crippen LogP contribution in [0.4, 0.5) is 0 Å². The highest BCUT2D eigenvalue weighted by Crippen LogP contribution is 2.47. The van der Waals surface area contributed by atoms with E-state index in [-0.39, 0.29) is 5.91 Å². The Morgan fingerprint density at radius 1 is 1.35 bits per heavy atom. The molecule has 0 bridgehead atoms. The fourth-order valence-electron chi connectivity index (χ4n) is 2.44. The lowest BCUT2D eigenvalue weighted by Crippen LogP contribution is -2.40. The average molecular weight is 239 g/mol. The highest BCUT2D eigenvalue weighted by molar-refractivity contribution is 5.78. The van der Waals surface area contributed by atoms with Crippen LogP contribution in [-0.2, 0) is 4.79 Å². The van der Waals surface area contributed by atoms with E-state index in [1.165, 1.54) is 19.3 Å². The van der Waals surface area contributed by atoms with Gasteiger partial charge >= 0.3 is 0 Å². The standard InChI is InChI=1S/C13H25N3O/c1-2-13(4-5-13)11-15-12(17)10-16-8-3-6-14-7-9-16/h14H,2-11H2,1H3,(H,15,17). The summed E-state index contributed by atoms with van der Waals surface area (Å²) in [7, 11) is 0. The van der Waals surface area contributed by atoms with Crippen LogP contribution in [0.5, 0.6) is 0 Å². The van der Waals surface area contributed by atoms with E-state index in [0.29, 0.717) is 12.0 Å². The normalized spacial score (nSPS) is 24.1. The highest BCUT2D eigenvalue weighted by atomic mass is 16.2. The number of amides is 1. The molecule has 2 rings (SSSR count). The Labute approximate surface area is 104 Å². The number of carbonyl (C=O) groups excluding carboxylic acids is 1. The van der Waals surface area contributed by atoms with Crippen LogP contribution < -0.4 is 10.6 Å². The van der Waals surface area contributed by atoms with Gasteiger partial charge in [-0.25, -0.2) is 0 Å². The van der Waals surface area contributed by atoms with Gasteiger partial charge in [0, 0.05) is 19.6 Å². The molecule has 2 fully saturated rings. The van der Waals surface area contributed by atoms with Crippen molar-refractivity contribution in [3.63, 3.8) is 0 Å². The second kappa shape index (κ2) is 5.83. The van der Waals surface area contributed by atoms with Crippen molar-refractivity contribution in [1.29, 1.82) is 0 Å². The average Bonchev–Trinajstić information content (AvgIpc) is 3.12. The Hall–Kier alpha value is -0.610. The SMILES string of the molecule is CCC1(CNC(=O)CN2CCCNCC2)CC1. The van der Waals surface area contributed by atoms with Gasteiger partial charge in [0.1, 0.15) is 0 Å². The summed E-state index contributed by atoms with van der Waals surface area (Å²) in [5, 5.41) is 6.46. The van der Waals surface area contributed by atoms with Gasteiger partial charge in [-0.15, -0.1) is 0 Å². The molecule has 98 valence electrons. The summed E-state index contributed by atoms with van der Waals surface area (Å²) in [6.07, 6.45) is 4.92. The van der Waals surface area contributed by atoms with Crippen molar-refractivity contribution in [2.45, 2.75) is 32.6 Å². The molecule has 4 nitrogen and oxygen atoms in total. The fourth-order valence-corrected chi connectivity index (χ4v) is 2.44. The van der Waals surface area contributed by atoms with E-state index in [1.54, 1.807) is 0 Å². The maximum absolute atomic E-state index is 11.8. The minimum atomic E-state index is 0.201. The summed E-state index contributed by atoms with van der Waals surface area (Å²) in [5.41, 5.74) is 0.454. The van der Waals surface area contributed by atoms with Gasteiger partial charge in [-0.2, -0.15) is 0 Å². The monoisotopic (exact) mass is 239 g/mol. The van der Waals surface area contributed by atoms with E-state index >= 15 is 0 Å². The van der Waals surface area contributed by atoms with E-state index in [1.807, 2.05) is 0 Å². The molecule has 1 saturated carbocycles. The van der Waals surface area contributed by atoms with Gasteiger partial charge in [0.05, 0.1) is 6.54 Å². The molecule has 2 aliphatic rings. The van der Waals surface area contributed by atoms with Crippen molar-refractivity contribution in [2.24, 2.45) is 5.41 Å². The first kappa shape index (κ1) is 12.8. The highest BCUT2D eigenvalue weighted by Gasteiger charge is 2.40. The van der Waals surface area contributed by atoms with Gasteiger partial charge in [0.25, 0.3) is 0 Å². The summed E-state index contributed by atoms with van der Waals surface area (Å²) in [6.45, 7) is 7.80. The van der Waals surface area contributed by atoms with Crippen molar-refractivity contribution in [3.8, 4) is 0 Å². The van der Waals surface area contributed by atoms with Crippen LogP contribution in [0.15, 0.2) is 0 Å². The molecule has 17 heavy (non-hydrogen) atoms. The first-order valence-corrected chi connectivity index (χ1v) is 6.94. The van der Waals surface area contributed by atoms with E-state index in [2.05, 4.69) is 22.5 Å². The number of hydrogen-bond acceptors (Lipinski definition) is 3. The quantitative estimate of drug-likeness (QED) is 0.738. The largest absolute Gasteiger partial charge is 0.354 e. The number of nitrogens with one attached hydrogen (secondary N) is 2. The van der Waals surface area contributed by atoms with Crippen LogP contribution in [0.25, 0.3) is 0 Å². The van der Waals surface area contributed by atoms with Gasteiger partial charge in [0.2, 0.25) is 5.91 Å². The predicted octanol–water partition coefficient (Wildman–Crippen LogP) is 0.588. The van der Waals surface area contributed by atoms with Gasteiger partial charge in [0.15, 0.2) is 0 Å². The third kappa shape index (κ3) is 3.96. The molecule has 1 aliphatic heterocycles. The molecule has 0 aromatic rings. The zero-order chi connectivity index (χ0) is 12.1. The Kier molecular flexibility index (Phi) is 4.40.